The van der Waals surface area contributed by atoms with E-state index in [0.29, 0.717) is 33.8 Å². The fourth-order valence-electron chi connectivity index (χ4n) is 2.04. The summed E-state index contributed by atoms with van der Waals surface area (Å²) in [4.78, 5) is 16.8. The molecule has 1 aromatic heterocycles. The molecule has 0 atom stereocenters. The summed E-state index contributed by atoms with van der Waals surface area (Å²) in [7, 11) is 4.52. The zero-order valence-electron chi connectivity index (χ0n) is 13.2. The van der Waals surface area contributed by atoms with Gasteiger partial charge in [-0.05, 0) is 28.9 Å². The number of nitrogens with one attached hydrogen (secondary N) is 1. The van der Waals surface area contributed by atoms with Crippen LogP contribution in [0.3, 0.4) is 0 Å². The van der Waals surface area contributed by atoms with Gasteiger partial charge in [0.1, 0.15) is 0 Å². The minimum absolute atomic E-state index is 0.262. The highest BCUT2D eigenvalue weighted by molar-refractivity contribution is 9.10. The van der Waals surface area contributed by atoms with E-state index in [1.807, 2.05) is 12.3 Å². The van der Waals surface area contributed by atoms with Gasteiger partial charge in [0.05, 0.1) is 48.6 Å². The number of nitrogens with zero attached hydrogens (tertiary/aromatic N) is 1. The molecular formula is C15H17BrN2O4S. The van der Waals surface area contributed by atoms with Gasteiger partial charge in [-0.2, -0.15) is 0 Å². The van der Waals surface area contributed by atoms with Crippen molar-refractivity contribution >= 4 is 33.2 Å². The van der Waals surface area contributed by atoms with E-state index >= 15 is 0 Å². The molecular weight excluding hydrogens is 384 g/mol. The molecule has 0 aliphatic carbocycles. The second kappa shape index (κ2) is 7.65. The Morgan fingerprint density at radius 2 is 1.96 bits per heavy atom. The number of thiazole rings is 1. The summed E-state index contributed by atoms with van der Waals surface area (Å²) < 4.78 is 16.4. The number of amides is 1. The molecule has 8 heteroatoms. The normalized spacial score (nSPS) is 10.3. The Morgan fingerprint density at radius 1 is 1.26 bits per heavy atom. The molecule has 1 N–H and O–H groups in total. The molecule has 23 heavy (non-hydrogen) atoms. The van der Waals surface area contributed by atoms with Crippen molar-refractivity contribution < 1.29 is 19.0 Å². The number of rotatable bonds is 6. The lowest BCUT2D eigenvalue weighted by Gasteiger charge is -2.16. The molecule has 1 heterocycles. The van der Waals surface area contributed by atoms with Crippen molar-refractivity contribution in [1.82, 2.24) is 10.3 Å². The van der Waals surface area contributed by atoms with E-state index in [2.05, 4.69) is 26.2 Å². The zero-order valence-corrected chi connectivity index (χ0v) is 15.6. The maximum absolute atomic E-state index is 12.5. The minimum atomic E-state index is -0.262. The SMILES string of the molecule is COc1cc(C(=O)NCc2csc(C)n2)c(Br)c(OC)c1OC. The van der Waals surface area contributed by atoms with Crippen LogP contribution in [0.2, 0.25) is 0 Å². The predicted molar refractivity (Wildman–Crippen MR) is 91.8 cm³/mol. The van der Waals surface area contributed by atoms with Gasteiger partial charge in [-0.3, -0.25) is 4.79 Å². The average Bonchev–Trinajstić information content (AvgIpc) is 2.97. The predicted octanol–water partition coefficient (Wildman–Crippen LogP) is 3.17. The largest absolute Gasteiger partial charge is 0.493 e. The van der Waals surface area contributed by atoms with Crippen molar-refractivity contribution in [3.05, 3.63) is 32.2 Å². The number of aromatic nitrogens is 1. The summed E-state index contributed by atoms with van der Waals surface area (Å²) >= 11 is 4.94. The van der Waals surface area contributed by atoms with Crippen molar-refractivity contribution in [2.75, 3.05) is 21.3 Å². The van der Waals surface area contributed by atoms with Crippen LogP contribution in [0.5, 0.6) is 17.2 Å². The van der Waals surface area contributed by atoms with E-state index in [9.17, 15) is 4.79 Å². The second-order valence-corrected chi connectivity index (χ2v) is 6.40. The Morgan fingerprint density at radius 3 is 2.48 bits per heavy atom. The van der Waals surface area contributed by atoms with Crippen LogP contribution in [0.15, 0.2) is 15.9 Å². The van der Waals surface area contributed by atoms with Crippen LogP contribution in [0, 0.1) is 6.92 Å². The van der Waals surface area contributed by atoms with E-state index in [-0.39, 0.29) is 5.91 Å². The van der Waals surface area contributed by atoms with Crippen LogP contribution in [0.25, 0.3) is 0 Å². The molecule has 0 saturated carbocycles. The topological polar surface area (TPSA) is 69.7 Å². The van der Waals surface area contributed by atoms with E-state index in [1.54, 1.807) is 17.4 Å². The Bertz CT molecular complexity index is 718. The van der Waals surface area contributed by atoms with Crippen LogP contribution in [-0.4, -0.2) is 32.2 Å². The summed E-state index contributed by atoms with van der Waals surface area (Å²) in [6.45, 7) is 2.28. The molecule has 2 rings (SSSR count). The standard InChI is InChI=1S/C15H17BrN2O4S/c1-8-18-9(7-23-8)6-17-15(19)10-5-11(20-2)13(21-3)14(22-4)12(10)16/h5,7H,6H2,1-4H3,(H,17,19). The van der Waals surface area contributed by atoms with Crippen LogP contribution < -0.4 is 19.5 Å². The van der Waals surface area contributed by atoms with Crippen molar-refractivity contribution in [3.63, 3.8) is 0 Å². The van der Waals surface area contributed by atoms with Gasteiger partial charge in [0.2, 0.25) is 5.75 Å². The lowest BCUT2D eigenvalue weighted by atomic mass is 10.1. The van der Waals surface area contributed by atoms with Crippen molar-refractivity contribution in [2.24, 2.45) is 0 Å². The third kappa shape index (κ3) is 3.76. The van der Waals surface area contributed by atoms with E-state index < -0.39 is 0 Å². The van der Waals surface area contributed by atoms with Gasteiger partial charge in [-0.15, -0.1) is 11.3 Å². The maximum atomic E-state index is 12.5. The fourth-order valence-corrected chi connectivity index (χ4v) is 3.29. The summed E-state index contributed by atoms with van der Waals surface area (Å²) in [6.07, 6.45) is 0. The molecule has 0 bridgehead atoms. The zero-order chi connectivity index (χ0) is 17.0. The third-order valence-corrected chi connectivity index (χ3v) is 4.72. The minimum Gasteiger partial charge on any atom is -0.493 e. The van der Waals surface area contributed by atoms with Crippen molar-refractivity contribution in [3.8, 4) is 17.2 Å². The Hall–Kier alpha value is -1.80. The first-order valence-corrected chi connectivity index (χ1v) is 8.36. The molecule has 0 spiro atoms. The number of methoxy groups -OCH3 is 3. The van der Waals surface area contributed by atoms with Crippen molar-refractivity contribution in [1.29, 1.82) is 0 Å². The lowest BCUT2D eigenvalue weighted by molar-refractivity contribution is 0.0948. The first-order valence-electron chi connectivity index (χ1n) is 6.69. The van der Waals surface area contributed by atoms with Crippen LogP contribution >= 0.6 is 27.3 Å². The molecule has 0 aliphatic rings. The van der Waals surface area contributed by atoms with Crippen LogP contribution in [0.4, 0.5) is 0 Å². The first-order chi connectivity index (χ1) is 11.0. The fraction of sp³-hybridized carbons (Fsp3) is 0.333. The number of halogens is 1. The first kappa shape index (κ1) is 17.6. The number of hydrogen-bond donors (Lipinski definition) is 1. The number of ether oxygens (including phenoxy) is 3. The molecule has 0 fully saturated rings. The molecule has 124 valence electrons. The van der Waals surface area contributed by atoms with Crippen LogP contribution in [0.1, 0.15) is 21.1 Å². The Balaban J connectivity index is 2.28. The van der Waals surface area contributed by atoms with Crippen LogP contribution in [-0.2, 0) is 6.54 Å². The van der Waals surface area contributed by atoms with Gasteiger partial charge < -0.3 is 19.5 Å². The highest BCUT2D eigenvalue weighted by Crippen LogP contribution is 2.44. The van der Waals surface area contributed by atoms with E-state index in [4.69, 9.17) is 14.2 Å². The molecule has 0 saturated heterocycles. The third-order valence-electron chi connectivity index (χ3n) is 3.11. The quantitative estimate of drug-likeness (QED) is 0.806. The lowest BCUT2D eigenvalue weighted by Crippen LogP contribution is -2.23. The summed E-state index contributed by atoms with van der Waals surface area (Å²) in [5.41, 5.74) is 1.22. The maximum Gasteiger partial charge on any atom is 0.253 e. The van der Waals surface area contributed by atoms with Gasteiger partial charge >= 0.3 is 0 Å². The monoisotopic (exact) mass is 400 g/mol. The highest BCUT2D eigenvalue weighted by Gasteiger charge is 2.22. The van der Waals surface area contributed by atoms with Gasteiger partial charge in [-0.25, -0.2) is 4.98 Å². The van der Waals surface area contributed by atoms with E-state index in [0.717, 1.165) is 10.7 Å². The molecule has 0 aliphatic heterocycles. The number of aryl methyl sites for hydroxylation is 1. The smallest absolute Gasteiger partial charge is 0.253 e. The number of carbonyl (C=O) groups is 1. The summed E-state index contributed by atoms with van der Waals surface area (Å²) in [5, 5.41) is 5.71. The van der Waals surface area contributed by atoms with Gasteiger partial charge in [-0.1, -0.05) is 0 Å². The van der Waals surface area contributed by atoms with Crippen molar-refractivity contribution in [2.45, 2.75) is 13.5 Å². The number of benzene rings is 1. The number of hydrogen-bond acceptors (Lipinski definition) is 6. The molecule has 6 nitrogen and oxygen atoms in total. The molecule has 2 aromatic rings. The van der Waals surface area contributed by atoms with Gasteiger partial charge in [0, 0.05) is 5.38 Å². The Kier molecular flexibility index (Phi) is 5.84. The molecule has 0 unspecified atom stereocenters. The molecule has 1 aromatic carbocycles. The number of carbonyl (C=O) groups excluding carboxylic acids is 1. The van der Waals surface area contributed by atoms with Gasteiger partial charge in [0.15, 0.2) is 11.5 Å². The highest BCUT2D eigenvalue weighted by atomic mass is 79.9. The summed E-state index contributed by atoms with van der Waals surface area (Å²) in [6, 6.07) is 1.60. The van der Waals surface area contributed by atoms with E-state index in [1.165, 1.54) is 21.3 Å². The molecule has 0 radical (unpaired) electrons. The van der Waals surface area contributed by atoms with Gasteiger partial charge in [0.25, 0.3) is 5.91 Å². The summed E-state index contributed by atoms with van der Waals surface area (Å²) in [5.74, 6) is 0.985. The average molecular weight is 401 g/mol. The second-order valence-electron chi connectivity index (χ2n) is 4.55. The molecule has 1 amide bonds. The Labute approximate surface area is 146 Å².